The predicted molar refractivity (Wildman–Crippen MR) is 49.8 cm³/mol. The van der Waals surface area contributed by atoms with Crippen molar-refractivity contribution in [2.45, 2.75) is 0 Å². The van der Waals surface area contributed by atoms with Gasteiger partial charge < -0.3 is 10.2 Å². The molecular formula is C6H2Cl4CoO2. The second-order valence-electron chi connectivity index (χ2n) is 1.95. The Hall–Kier alpha value is 0.486. The molecule has 0 aromatic heterocycles. The number of hydrogen-bond acceptors (Lipinski definition) is 2. The van der Waals surface area contributed by atoms with Gasteiger partial charge in [-0.05, 0) is 0 Å². The fourth-order valence-electron chi connectivity index (χ4n) is 0.609. The van der Waals surface area contributed by atoms with Crippen molar-refractivity contribution in [1.29, 1.82) is 0 Å². The van der Waals surface area contributed by atoms with Gasteiger partial charge in [0, 0.05) is 16.8 Å². The molecule has 1 rings (SSSR count). The maximum atomic E-state index is 9.08. The second kappa shape index (κ2) is 4.82. The van der Waals surface area contributed by atoms with E-state index >= 15 is 0 Å². The van der Waals surface area contributed by atoms with E-state index in [1.165, 1.54) is 0 Å². The van der Waals surface area contributed by atoms with Crippen LogP contribution in [0.25, 0.3) is 0 Å². The molecule has 0 heterocycles. The predicted octanol–water partition coefficient (Wildman–Crippen LogP) is 3.71. The maximum absolute atomic E-state index is 9.08. The standard InChI is InChI=1S/C6H2Cl4O2.Co/c7-1-2(8)4(10)6(12)5(11)3(1)9;/h11-12H;. The van der Waals surface area contributed by atoms with Gasteiger partial charge in [-0.3, -0.25) is 0 Å². The minimum atomic E-state index is -0.573. The molecule has 1 aromatic carbocycles. The van der Waals surface area contributed by atoms with E-state index in [0.717, 1.165) is 0 Å². The number of benzene rings is 1. The van der Waals surface area contributed by atoms with Gasteiger partial charge in [0.25, 0.3) is 0 Å². The van der Waals surface area contributed by atoms with Gasteiger partial charge in [-0.2, -0.15) is 0 Å². The van der Waals surface area contributed by atoms with E-state index < -0.39 is 11.5 Å². The quantitative estimate of drug-likeness (QED) is 0.436. The molecule has 0 aliphatic heterocycles. The van der Waals surface area contributed by atoms with Crippen LogP contribution < -0.4 is 0 Å². The monoisotopic (exact) mass is 305 g/mol. The first-order valence-electron chi connectivity index (χ1n) is 2.70. The molecule has 0 fully saturated rings. The van der Waals surface area contributed by atoms with Crippen molar-refractivity contribution in [1.82, 2.24) is 0 Å². The zero-order chi connectivity index (χ0) is 9.46. The Morgan fingerprint density at radius 2 is 0.846 bits per heavy atom. The molecule has 2 nitrogen and oxygen atoms in total. The van der Waals surface area contributed by atoms with Crippen LogP contribution in [0.2, 0.25) is 20.1 Å². The van der Waals surface area contributed by atoms with Crippen LogP contribution in [0.15, 0.2) is 0 Å². The molecule has 0 aliphatic rings. The minimum Gasteiger partial charge on any atom is -0.503 e. The van der Waals surface area contributed by atoms with Crippen LogP contribution in [0, 0.1) is 0 Å². The molecule has 0 atom stereocenters. The van der Waals surface area contributed by atoms with Crippen molar-refractivity contribution in [3.05, 3.63) is 20.1 Å². The van der Waals surface area contributed by atoms with Crippen LogP contribution in [-0.2, 0) is 16.8 Å². The normalized spacial score (nSPS) is 9.54. The fraction of sp³-hybridized carbons (Fsp3) is 0. The summed E-state index contributed by atoms with van der Waals surface area (Å²) in [6.45, 7) is 0. The van der Waals surface area contributed by atoms with E-state index in [4.69, 9.17) is 56.6 Å². The largest absolute Gasteiger partial charge is 0.503 e. The van der Waals surface area contributed by atoms with E-state index in [2.05, 4.69) is 0 Å². The molecule has 0 saturated carbocycles. The molecule has 7 heteroatoms. The number of rotatable bonds is 0. The van der Waals surface area contributed by atoms with Crippen LogP contribution in [0.4, 0.5) is 0 Å². The Morgan fingerprint density at radius 3 is 1.08 bits per heavy atom. The van der Waals surface area contributed by atoms with Crippen molar-refractivity contribution in [2.24, 2.45) is 0 Å². The van der Waals surface area contributed by atoms with Gasteiger partial charge in [-0.15, -0.1) is 0 Å². The van der Waals surface area contributed by atoms with Gasteiger partial charge in [0.15, 0.2) is 11.5 Å². The summed E-state index contributed by atoms with van der Waals surface area (Å²) in [5, 5.41) is 17.6. The van der Waals surface area contributed by atoms with E-state index in [1.54, 1.807) is 0 Å². The SMILES string of the molecule is Oc1c(O)c(Cl)c(Cl)c(Cl)c1Cl.[Co]. The minimum absolute atomic E-state index is 0. The van der Waals surface area contributed by atoms with E-state index in [1.807, 2.05) is 0 Å². The van der Waals surface area contributed by atoms with Crippen LogP contribution >= 0.6 is 46.4 Å². The topological polar surface area (TPSA) is 40.5 Å². The third-order valence-corrected chi connectivity index (χ3v) is 3.00. The number of halogens is 4. The van der Waals surface area contributed by atoms with Gasteiger partial charge in [0.2, 0.25) is 0 Å². The average Bonchev–Trinajstić information content (AvgIpc) is 2.08. The molecule has 13 heavy (non-hydrogen) atoms. The van der Waals surface area contributed by atoms with Crippen molar-refractivity contribution in [3.63, 3.8) is 0 Å². The summed E-state index contributed by atoms with van der Waals surface area (Å²) in [6.07, 6.45) is 0. The first-order chi connectivity index (χ1) is 5.46. The van der Waals surface area contributed by atoms with E-state index in [9.17, 15) is 0 Å². The molecule has 0 saturated heterocycles. The Bertz CT molecular complexity index is 237. The summed E-state index contributed by atoms with van der Waals surface area (Å²) in [5.74, 6) is -1.15. The number of aromatic hydroxyl groups is 2. The van der Waals surface area contributed by atoms with Crippen molar-refractivity contribution in [2.75, 3.05) is 0 Å². The summed E-state index contributed by atoms with van der Waals surface area (Å²) in [7, 11) is 0. The zero-order valence-electron chi connectivity index (χ0n) is 5.74. The van der Waals surface area contributed by atoms with Crippen LogP contribution in [0.1, 0.15) is 0 Å². The van der Waals surface area contributed by atoms with E-state index in [0.29, 0.717) is 0 Å². The van der Waals surface area contributed by atoms with Crippen molar-refractivity contribution < 1.29 is 27.0 Å². The smallest absolute Gasteiger partial charge is 0.179 e. The second-order valence-corrected chi connectivity index (χ2v) is 3.47. The molecule has 0 unspecified atom stereocenters. The van der Waals surface area contributed by atoms with Gasteiger partial charge in [0.1, 0.15) is 10.0 Å². The number of hydrogen-bond donors (Lipinski definition) is 2. The third-order valence-electron chi connectivity index (χ3n) is 1.22. The third kappa shape index (κ3) is 2.29. The first kappa shape index (κ1) is 13.5. The molecule has 0 spiro atoms. The molecule has 2 N–H and O–H groups in total. The van der Waals surface area contributed by atoms with Crippen LogP contribution in [0.5, 0.6) is 11.5 Å². The summed E-state index contributed by atoms with van der Waals surface area (Å²) in [4.78, 5) is 0. The fourth-order valence-corrected chi connectivity index (χ4v) is 1.44. The van der Waals surface area contributed by atoms with E-state index in [-0.39, 0.29) is 36.9 Å². The van der Waals surface area contributed by atoms with Crippen LogP contribution in [-0.4, -0.2) is 10.2 Å². The Balaban J connectivity index is 0.00000144. The molecule has 0 bridgehead atoms. The van der Waals surface area contributed by atoms with Gasteiger partial charge in [-0.25, -0.2) is 0 Å². The maximum Gasteiger partial charge on any atom is 0.179 e. The Kier molecular flexibility index (Phi) is 5.00. The first-order valence-corrected chi connectivity index (χ1v) is 4.22. The van der Waals surface area contributed by atoms with Gasteiger partial charge in [-0.1, -0.05) is 46.4 Å². The number of phenolic OH excluding ortho intramolecular Hbond substituents is 2. The summed E-state index contributed by atoms with van der Waals surface area (Å²) in [5.41, 5.74) is 0. The molecular weight excluding hydrogens is 305 g/mol. The van der Waals surface area contributed by atoms with Gasteiger partial charge >= 0.3 is 0 Å². The summed E-state index contributed by atoms with van der Waals surface area (Å²) >= 11 is 22.0. The summed E-state index contributed by atoms with van der Waals surface area (Å²) in [6, 6.07) is 0. The van der Waals surface area contributed by atoms with Crippen molar-refractivity contribution >= 4 is 46.4 Å². The molecule has 1 aromatic rings. The Labute approximate surface area is 105 Å². The Morgan fingerprint density at radius 1 is 0.615 bits per heavy atom. The molecule has 75 valence electrons. The number of phenols is 2. The molecule has 1 radical (unpaired) electrons. The van der Waals surface area contributed by atoms with Gasteiger partial charge in [0.05, 0.1) is 10.0 Å². The summed E-state index contributed by atoms with van der Waals surface area (Å²) < 4.78 is 0. The average molecular weight is 307 g/mol. The van der Waals surface area contributed by atoms with Crippen molar-refractivity contribution in [3.8, 4) is 11.5 Å². The van der Waals surface area contributed by atoms with Crippen LogP contribution in [0.3, 0.4) is 0 Å². The zero-order valence-corrected chi connectivity index (χ0v) is 9.80. The molecule has 0 amide bonds. The molecule has 0 aliphatic carbocycles.